The number of aliphatic hydroxyl groups is 1. The van der Waals surface area contributed by atoms with Gasteiger partial charge in [-0.2, -0.15) is 11.8 Å². The van der Waals surface area contributed by atoms with Gasteiger partial charge < -0.3 is 10.4 Å². The Hall–Kier alpha value is -0.520. The minimum absolute atomic E-state index is 0.265. The van der Waals surface area contributed by atoms with Crippen molar-refractivity contribution in [3.8, 4) is 0 Å². The molecule has 0 saturated heterocycles. The van der Waals surface area contributed by atoms with Gasteiger partial charge in [0.15, 0.2) is 0 Å². The Balaban J connectivity index is 2.21. The van der Waals surface area contributed by atoms with Crippen LogP contribution in [0.2, 0.25) is 5.28 Å². The van der Waals surface area contributed by atoms with Gasteiger partial charge in [-0.1, -0.05) is 0 Å². The van der Waals surface area contributed by atoms with Gasteiger partial charge in [0, 0.05) is 30.7 Å². The van der Waals surface area contributed by atoms with Gasteiger partial charge in [-0.3, -0.25) is 0 Å². The van der Waals surface area contributed by atoms with Crippen LogP contribution in [0.4, 0.5) is 5.82 Å². The van der Waals surface area contributed by atoms with Crippen LogP contribution in [0.15, 0.2) is 6.07 Å². The SMILES string of the molecule is Cc1cc(NCCSCCCO)nc(Cl)n1. The second kappa shape index (κ2) is 7.70. The maximum absolute atomic E-state index is 8.60. The van der Waals surface area contributed by atoms with E-state index < -0.39 is 0 Å². The molecular formula is C10H16ClN3OS. The Kier molecular flexibility index (Phi) is 6.52. The average molecular weight is 262 g/mol. The van der Waals surface area contributed by atoms with Crippen molar-refractivity contribution in [2.45, 2.75) is 13.3 Å². The third-order valence-electron chi connectivity index (χ3n) is 1.83. The van der Waals surface area contributed by atoms with Crippen LogP contribution >= 0.6 is 23.4 Å². The molecule has 1 aromatic heterocycles. The van der Waals surface area contributed by atoms with E-state index in [1.54, 1.807) is 11.8 Å². The predicted octanol–water partition coefficient (Wildman–Crippen LogP) is 1.97. The summed E-state index contributed by atoms with van der Waals surface area (Å²) in [7, 11) is 0. The van der Waals surface area contributed by atoms with E-state index >= 15 is 0 Å². The number of nitrogens with one attached hydrogen (secondary N) is 1. The number of rotatable bonds is 7. The summed E-state index contributed by atoms with van der Waals surface area (Å²) in [6.07, 6.45) is 0.850. The van der Waals surface area contributed by atoms with Crippen LogP contribution in [0.5, 0.6) is 0 Å². The Labute approximate surface area is 105 Å². The smallest absolute Gasteiger partial charge is 0.224 e. The van der Waals surface area contributed by atoms with E-state index in [-0.39, 0.29) is 11.9 Å². The molecule has 0 fully saturated rings. The molecule has 90 valence electrons. The fourth-order valence-electron chi connectivity index (χ4n) is 1.14. The summed E-state index contributed by atoms with van der Waals surface area (Å²) in [5.74, 6) is 2.74. The normalized spacial score (nSPS) is 10.4. The molecule has 2 N–H and O–H groups in total. The zero-order valence-corrected chi connectivity index (χ0v) is 10.8. The summed E-state index contributed by atoms with van der Waals surface area (Å²) < 4.78 is 0. The number of hydrogen-bond acceptors (Lipinski definition) is 5. The molecule has 1 rings (SSSR count). The highest BCUT2D eigenvalue weighted by Crippen LogP contribution is 2.10. The number of aliphatic hydroxyl groups excluding tert-OH is 1. The molecule has 1 aromatic rings. The zero-order valence-electron chi connectivity index (χ0n) is 9.24. The van der Waals surface area contributed by atoms with Gasteiger partial charge in [0.2, 0.25) is 5.28 Å². The highest BCUT2D eigenvalue weighted by Gasteiger charge is 1.98. The quantitative estimate of drug-likeness (QED) is 0.581. The van der Waals surface area contributed by atoms with Gasteiger partial charge in [0.05, 0.1) is 0 Å². The molecule has 6 heteroatoms. The fraction of sp³-hybridized carbons (Fsp3) is 0.600. The minimum Gasteiger partial charge on any atom is -0.396 e. The molecule has 0 radical (unpaired) electrons. The minimum atomic E-state index is 0.265. The second-order valence-electron chi connectivity index (χ2n) is 3.28. The molecule has 0 aliphatic carbocycles. The molecule has 0 bridgehead atoms. The van der Waals surface area contributed by atoms with Crippen LogP contribution in [0.3, 0.4) is 0 Å². The first kappa shape index (κ1) is 13.5. The monoisotopic (exact) mass is 261 g/mol. The second-order valence-corrected chi connectivity index (χ2v) is 4.84. The lowest BCUT2D eigenvalue weighted by molar-refractivity contribution is 0.296. The molecule has 1 heterocycles. The van der Waals surface area contributed by atoms with Gasteiger partial charge in [-0.15, -0.1) is 0 Å². The number of halogens is 1. The lowest BCUT2D eigenvalue weighted by Crippen LogP contribution is -2.07. The summed E-state index contributed by atoms with van der Waals surface area (Å²) in [4.78, 5) is 8.05. The van der Waals surface area contributed by atoms with Crippen molar-refractivity contribution in [1.82, 2.24) is 9.97 Å². The number of thioether (sulfide) groups is 1. The lowest BCUT2D eigenvalue weighted by atomic mass is 10.4. The van der Waals surface area contributed by atoms with Crippen molar-refractivity contribution in [3.63, 3.8) is 0 Å². The van der Waals surface area contributed by atoms with E-state index in [0.29, 0.717) is 0 Å². The Morgan fingerprint density at radius 1 is 1.44 bits per heavy atom. The van der Waals surface area contributed by atoms with Crippen LogP contribution in [-0.4, -0.2) is 39.7 Å². The summed E-state index contributed by atoms with van der Waals surface area (Å²) >= 11 is 7.54. The van der Waals surface area contributed by atoms with E-state index in [0.717, 1.165) is 36.0 Å². The van der Waals surface area contributed by atoms with Gasteiger partial charge in [0.25, 0.3) is 0 Å². The maximum atomic E-state index is 8.60. The zero-order chi connectivity index (χ0) is 11.8. The Bertz CT molecular complexity index is 305. The standard InChI is InChI=1S/C10H16ClN3OS/c1-8-7-9(14-10(11)13-8)12-3-6-16-5-2-4-15/h7,15H,2-6H2,1H3,(H,12,13,14). The number of aromatic nitrogens is 2. The average Bonchev–Trinajstić information content (AvgIpc) is 2.22. The van der Waals surface area contributed by atoms with Crippen molar-refractivity contribution in [1.29, 1.82) is 0 Å². The predicted molar refractivity (Wildman–Crippen MR) is 69.3 cm³/mol. The van der Waals surface area contributed by atoms with Crippen LogP contribution in [0.1, 0.15) is 12.1 Å². The molecule has 4 nitrogen and oxygen atoms in total. The maximum Gasteiger partial charge on any atom is 0.224 e. The van der Waals surface area contributed by atoms with Crippen LogP contribution < -0.4 is 5.32 Å². The summed E-state index contributed by atoms with van der Waals surface area (Å²) in [6.45, 7) is 2.98. The third-order valence-corrected chi connectivity index (χ3v) is 3.07. The van der Waals surface area contributed by atoms with Crippen molar-refractivity contribution < 1.29 is 5.11 Å². The van der Waals surface area contributed by atoms with Crippen molar-refractivity contribution >= 4 is 29.2 Å². The topological polar surface area (TPSA) is 58.0 Å². The van der Waals surface area contributed by atoms with Gasteiger partial charge in [-0.05, 0) is 30.7 Å². The highest BCUT2D eigenvalue weighted by molar-refractivity contribution is 7.99. The van der Waals surface area contributed by atoms with Gasteiger partial charge in [0.1, 0.15) is 5.82 Å². The molecule has 0 spiro atoms. The summed E-state index contributed by atoms with van der Waals surface area (Å²) in [6, 6.07) is 1.87. The van der Waals surface area contributed by atoms with Crippen LogP contribution in [0, 0.1) is 6.92 Å². The largest absolute Gasteiger partial charge is 0.396 e. The molecular weight excluding hydrogens is 246 g/mol. The Morgan fingerprint density at radius 3 is 2.94 bits per heavy atom. The molecule has 0 unspecified atom stereocenters. The molecule has 0 aromatic carbocycles. The molecule has 0 aliphatic rings. The first-order valence-electron chi connectivity index (χ1n) is 5.16. The van der Waals surface area contributed by atoms with E-state index in [1.807, 2.05) is 13.0 Å². The van der Waals surface area contributed by atoms with E-state index in [4.69, 9.17) is 16.7 Å². The van der Waals surface area contributed by atoms with Crippen LogP contribution in [0.25, 0.3) is 0 Å². The van der Waals surface area contributed by atoms with Crippen molar-refractivity contribution in [2.24, 2.45) is 0 Å². The number of anilines is 1. The van der Waals surface area contributed by atoms with E-state index in [1.165, 1.54) is 0 Å². The first-order chi connectivity index (χ1) is 7.72. The lowest BCUT2D eigenvalue weighted by Gasteiger charge is -2.06. The Morgan fingerprint density at radius 2 is 2.25 bits per heavy atom. The third kappa shape index (κ3) is 5.53. The molecule has 0 aliphatic heterocycles. The van der Waals surface area contributed by atoms with Gasteiger partial charge >= 0.3 is 0 Å². The van der Waals surface area contributed by atoms with E-state index in [9.17, 15) is 0 Å². The first-order valence-corrected chi connectivity index (χ1v) is 6.69. The van der Waals surface area contributed by atoms with Crippen LogP contribution in [-0.2, 0) is 0 Å². The molecule has 0 atom stereocenters. The van der Waals surface area contributed by atoms with Gasteiger partial charge in [-0.25, -0.2) is 9.97 Å². The molecule has 0 amide bonds. The van der Waals surface area contributed by atoms with Crippen molar-refractivity contribution in [3.05, 3.63) is 17.0 Å². The number of aryl methyl sites for hydroxylation is 1. The van der Waals surface area contributed by atoms with Crippen molar-refractivity contribution in [2.75, 3.05) is 30.0 Å². The number of hydrogen-bond donors (Lipinski definition) is 2. The van der Waals surface area contributed by atoms with E-state index in [2.05, 4.69) is 15.3 Å². The molecule has 0 saturated carbocycles. The molecule has 16 heavy (non-hydrogen) atoms. The summed E-state index contributed by atoms with van der Waals surface area (Å²) in [5.41, 5.74) is 0.857. The summed E-state index contributed by atoms with van der Waals surface area (Å²) in [5, 5.41) is 12.1. The number of nitrogens with zero attached hydrogens (tertiary/aromatic N) is 2. The highest BCUT2D eigenvalue weighted by atomic mass is 35.5. The fourth-order valence-corrected chi connectivity index (χ4v) is 2.15.